The van der Waals surface area contributed by atoms with Crippen LogP contribution >= 0.6 is 11.6 Å². The Hall–Kier alpha value is -2.14. The quantitative estimate of drug-likeness (QED) is 0.884. The third kappa shape index (κ3) is 2.64. The van der Waals surface area contributed by atoms with Crippen molar-refractivity contribution in [1.29, 1.82) is 0 Å². The predicted molar refractivity (Wildman–Crippen MR) is 78.0 cm³/mol. The third-order valence-electron chi connectivity index (χ3n) is 3.76. The summed E-state index contributed by atoms with van der Waals surface area (Å²) in [7, 11) is 0. The van der Waals surface area contributed by atoms with Crippen molar-refractivity contribution in [3.63, 3.8) is 0 Å². The maximum absolute atomic E-state index is 13.8. The van der Waals surface area contributed by atoms with E-state index < -0.39 is 23.6 Å². The number of hydrogen-bond donors (Lipinski definition) is 2. The molecule has 6 heteroatoms. The molecule has 2 aromatic carbocycles. The number of hydrogen-bond acceptors (Lipinski definition) is 2. The van der Waals surface area contributed by atoms with Gasteiger partial charge in [-0.05, 0) is 54.3 Å². The summed E-state index contributed by atoms with van der Waals surface area (Å²) in [6, 6.07) is 5.57. The summed E-state index contributed by atoms with van der Waals surface area (Å²) >= 11 is 5.85. The zero-order chi connectivity index (χ0) is 15.9. The van der Waals surface area contributed by atoms with Crippen molar-refractivity contribution in [2.45, 2.75) is 18.9 Å². The van der Waals surface area contributed by atoms with Gasteiger partial charge in [0, 0.05) is 5.02 Å². The molecule has 0 radical (unpaired) electrons. The molecule has 0 spiro atoms. The van der Waals surface area contributed by atoms with Crippen LogP contribution in [0.3, 0.4) is 0 Å². The van der Waals surface area contributed by atoms with E-state index in [0.717, 1.165) is 18.2 Å². The molecule has 0 saturated heterocycles. The molecular formula is C16H12ClF2NO2. The molecule has 0 heterocycles. The Morgan fingerprint density at radius 2 is 2.05 bits per heavy atom. The summed E-state index contributed by atoms with van der Waals surface area (Å²) in [5.74, 6) is -1.94. The molecule has 0 unspecified atom stereocenters. The van der Waals surface area contributed by atoms with Gasteiger partial charge < -0.3 is 10.4 Å². The molecule has 1 atom stereocenters. The molecule has 1 aliphatic carbocycles. The summed E-state index contributed by atoms with van der Waals surface area (Å²) in [6.45, 7) is 0. The van der Waals surface area contributed by atoms with Gasteiger partial charge in [0.1, 0.15) is 17.4 Å². The minimum absolute atomic E-state index is 0.157. The second-order valence-electron chi connectivity index (χ2n) is 5.18. The lowest BCUT2D eigenvalue weighted by Gasteiger charge is -2.15. The number of carbonyl (C=O) groups is 1. The molecule has 2 aromatic rings. The van der Waals surface area contributed by atoms with E-state index in [9.17, 15) is 18.7 Å². The highest BCUT2D eigenvalue weighted by Crippen LogP contribution is 2.35. The number of rotatable bonds is 2. The average Bonchev–Trinajstić information content (AvgIpc) is 2.85. The second-order valence-corrected chi connectivity index (χ2v) is 5.62. The van der Waals surface area contributed by atoms with E-state index in [-0.39, 0.29) is 16.3 Å². The number of carbonyl (C=O) groups excluding carboxylic acids is 1. The van der Waals surface area contributed by atoms with Gasteiger partial charge in [-0.2, -0.15) is 0 Å². The average molecular weight is 324 g/mol. The number of fused-ring (bicyclic) bond motifs is 1. The van der Waals surface area contributed by atoms with Crippen LogP contribution in [0.25, 0.3) is 0 Å². The van der Waals surface area contributed by atoms with Crippen molar-refractivity contribution in [2.75, 3.05) is 0 Å². The Kier molecular flexibility index (Phi) is 3.74. The molecule has 1 aliphatic rings. The van der Waals surface area contributed by atoms with Crippen LogP contribution < -0.4 is 5.32 Å². The lowest BCUT2D eigenvalue weighted by atomic mass is 10.1. The van der Waals surface area contributed by atoms with Gasteiger partial charge in [0.15, 0.2) is 0 Å². The van der Waals surface area contributed by atoms with Crippen molar-refractivity contribution < 1.29 is 18.7 Å². The Labute approximate surface area is 130 Å². The highest BCUT2D eigenvalue weighted by molar-refractivity contribution is 6.30. The first-order chi connectivity index (χ1) is 10.5. The lowest BCUT2D eigenvalue weighted by Crippen LogP contribution is -2.27. The summed E-state index contributed by atoms with van der Waals surface area (Å²) in [4.78, 5) is 12.2. The molecule has 114 valence electrons. The molecule has 3 nitrogen and oxygen atoms in total. The standard InChI is InChI=1S/C16H12ClF2NO2/c17-8-5-11-10(13(19)6-8)2-3-14(11)20-16(22)12-7-9(18)1-4-15(12)21/h1,4-7,14,21H,2-3H2,(H,20,22)/t14-/m1/s1. The fourth-order valence-electron chi connectivity index (χ4n) is 2.72. The van der Waals surface area contributed by atoms with Gasteiger partial charge >= 0.3 is 0 Å². The first kappa shape index (κ1) is 14.8. The zero-order valence-corrected chi connectivity index (χ0v) is 12.1. The van der Waals surface area contributed by atoms with E-state index in [4.69, 9.17) is 11.6 Å². The van der Waals surface area contributed by atoms with Crippen LogP contribution in [0, 0.1) is 11.6 Å². The lowest BCUT2D eigenvalue weighted by molar-refractivity contribution is 0.0933. The molecule has 22 heavy (non-hydrogen) atoms. The van der Waals surface area contributed by atoms with Crippen LogP contribution in [0.15, 0.2) is 30.3 Å². The van der Waals surface area contributed by atoms with E-state index >= 15 is 0 Å². The van der Waals surface area contributed by atoms with Crippen LogP contribution in [-0.2, 0) is 6.42 Å². The SMILES string of the molecule is O=C(N[C@@H]1CCc2c(F)cc(Cl)cc21)c1cc(F)ccc1O. The number of benzene rings is 2. The molecule has 1 amide bonds. The van der Waals surface area contributed by atoms with Crippen molar-refractivity contribution in [3.8, 4) is 5.75 Å². The molecule has 0 aliphatic heterocycles. The van der Waals surface area contributed by atoms with Crippen LogP contribution in [0.1, 0.15) is 33.9 Å². The Morgan fingerprint density at radius 3 is 2.82 bits per heavy atom. The number of aromatic hydroxyl groups is 1. The van der Waals surface area contributed by atoms with Gasteiger partial charge in [0.2, 0.25) is 0 Å². The second kappa shape index (κ2) is 5.57. The summed E-state index contributed by atoms with van der Waals surface area (Å²) in [5, 5.41) is 12.6. The van der Waals surface area contributed by atoms with Gasteiger partial charge in [0.05, 0.1) is 11.6 Å². The number of phenolic OH excluding ortho intramolecular Hbond substituents is 1. The van der Waals surface area contributed by atoms with Gasteiger partial charge in [-0.25, -0.2) is 8.78 Å². The Morgan fingerprint density at radius 1 is 1.27 bits per heavy atom. The monoisotopic (exact) mass is 323 g/mol. The van der Waals surface area contributed by atoms with E-state index in [2.05, 4.69) is 5.32 Å². The Bertz CT molecular complexity index is 764. The smallest absolute Gasteiger partial charge is 0.255 e. The minimum Gasteiger partial charge on any atom is -0.507 e. The van der Waals surface area contributed by atoms with Crippen LogP contribution in [-0.4, -0.2) is 11.0 Å². The van der Waals surface area contributed by atoms with Crippen LogP contribution in [0.4, 0.5) is 8.78 Å². The first-order valence-electron chi connectivity index (χ1n) is 6.73. The van der Waals surface area contributed by atoms with Gasteiger partial charge in [-0.1, -0.05) is 11.6 Å². The maximum Gasteiger partial charge on any atom is 0.255 e. The van der Waals surface area contributed by atoms with Gasteiger partial charge in [0.25, 0.3) is 5.91 Å². The normalized spacial score (nSPS) is 16.4. The summed E-state index contributed by atoms with van der Waals surface area (Å²) in [5.41, 5.74) is 0.989. The fourth-order valence-corrected chi connectivity index (χ4v) is 2.93. The molecule has 0 saturated carbocycles. The molecule has 0 aromatic heterocycles. The van der Waals surface area contributed by atoms with E-state index in [1.54, 1.807) is 6.07 Å². The van der Waals surface area contributed by atoms with E-state index in [1.807, 2.05) is 0 Å². The highest BCUT2D eigenvalue weighted by atomic mass is 35.5. The van der Waals surface area contributed by atoms with Crippen molar-refractivity contribution in [3.05, 3.63) is 63.7 Å². The van der Waals surface area contributed by atoms with Crippen molar-refractivity contribution in [1.82, 2.24) is 5.32 Å². The topological polar surface area (TPSA) is 49.3 Å². The summed E-state index contributed by atoms with van der Waals surface area (Å²) < 4.78 is 27.0. The van der Waals surface area contributed by atoms with Gasteiger partial charge in [-0.15, -0.1) is 0 Å². The van der Waals surface area contributed by atoms with E-state index in [1.165, 1.54) is 6.07 Å². The largest absolute Gasteiger partial charge is 0.507 e. The Balaban J connectivity index is 1.87. The number of amides is 1. The first-order valence-corrected chi connectivity index (χ1v) is 7.10. The highest BCUT2D eigenvalue weighted by Gasteiger charge is 2.28. The molecular weight excluding hydrogens is 312 g/mol. The van der Waals surface area contributed by atoms with Crippen molar-refractivity contribution >= 4 is 17.5 Å². The van der Waals surface area contributed by atoms with Crippen LogP contribution in [0.5, 0.6) is 5.75 Å². The molecule has 3 rings (SSSR count). The summed E-state index contributed by atoms with van der Waals surface area (Å²) in [6.07, 6.45) is 1.01. The third-order valence-corrected chi connectivity index (χ3v) is 3.98. The minimum atomic E-state index is -0.621. The predicted octanol–water partition coefficient (Wildman–Crippen LogP) is 3.74. The maximum atomic E-state index is 13.8. The van der Waals surface area contributed by atoms with E-state index in [0.29, 0.717) is 24.0 Å². The van der Waals surface area contributed by atoms with Crippen molar-refractivity contribution in [2.24, 2.45) is 0 Å². The number of nitrogens with one attached hydrogen (secondary N) is 1. The van der Waals surface area contributed by atoms with Gasteiger partial charge in [-0.3, -0.25) is 4.79 Å². The molecule has 2 N–H and O–H groups in total. The molecule has 0 bridgehead atoms. The fraction of sp³-hybridized carbons (Fsp3) is 0.188. The number of phenols is 1. The number of halogens is 3. The zero-order valence-electron chi connectivity index (χ0n) is 11.4. The molecule has 0 fully saturated rings. The van der Waals surface area contributed by atoms with Crippen LogP contribution in [0.2, 0.25) is 5.02 Å².